The predicted octanol–water partition coefficient (Wildman–Crippen LogP) is 2.43. The Morgan fingerprint density at radius 1 is 1.00 bits per heavy atom. The van der Waals surface area contributed by atoms with Crippen molar-refractivity contribution in [1.82, 2.24) is 10.6 Å². The average molecular weight is 384 g/mol. The van der Waals surface area contributed by atoms with E-state index < -0.39 is 23.5 Å². The van der Waals surface area contributed by atoms with E-state index >= 15 is 0 Å². The summed E-state index contributed by atoms with van der Waals surface area (Å²) >= 11 is 0. The van der Waals surface area contributed by atoms with Crippen LogP contribution in [0.3, 0.4) is 0 Å². The van der Waals surface area contributed by atoms with Crippen molar-refractivity contribution in [1.29, 1.82) is 0 Å². The molecule has 0 bridgehead atoms. The van der Waals surface area contributed by atoms with Crippen molar-refractivity contribution >= 4 is 18.0 Å². The van der Waals surface area contributed by atoms with E-state index in [2.05, 4.69) is 10.6 Å². The summed E-state index contributed by atoms with van der Waals surface area (Å²) in [7, 11) is 1.25. The van der Waals surface area contributed by atoms with Gasteiger partial charge in [-0.25, -0.2) is 9.59 Å². The zero-order chi connectivity index (χ0) is 20.6. The number of hydrogen-bond acceptors (Lipinski definition) is 5. The van der Waals surface area contributed by atoms with Crippen LogP contribution in [0, 0.1) is 6.92 Å². The Morgan fingerprint density at radius 2 is 1.64 bits per heavy atom. The average Bonchev–Trinajstić information content (AvgIpc) is 2.71. The fourth-order valence-corrected chi connectivity index (χ4v) is 2.58. The van der Waals surface area contributed by atoms with Crippen molar-refractivity contribution in [3.63, 3.8) is 0 Å². The molecule has 0 fully saturated rings. The topological polar surface area (TPSA) is 93.7 Å². The molecule has 0 aromatic heterocycles. The molecule has 0 aliphatic heterocycles. The van der Waals surface area contributed by atoms with Gasteiger partial charge >= 0.3 is 12.1 Å². The lowest BCUT2D eigenvalue weighted by atomic mass is 9.91. The van der Waals surface area contributed by atoms with Crippen LogP contribution in [0.1, 0.15) is 23.6 Å². The molecule has 0 radical (unpaired) electrons. The summed E-state index contributed by atoms with van der Waals surface area (Å²) in [6, 6.07) is 16.3. The number of alkyl carbamates (subject to hydrolysis) is 1. The molecular formula is C21H24N2O5. The van der Waals surface area contributed by atoms with Crippen molar-refractivity contribution in [2.45, 2.75) is 26.0 Å². The van der Waals surface area contributed by atoms with E-state index in [1.54, 1.807) is 19.1 Å². The summed E-state index contributed by atoms with van der Waals surface area (Å²) in [5, 5.41) is 4.99. The molecule has 0 spiro atoms. The number of nitrogens with one attached hydrogen (secondary N) is 2. The normalized spacial score (nSPS) is 12.4. The summed E-state index contributed by atoms with van der Waals surface area (Å²) < 4.78 is 9.90. The molecule has 0 saturated heterocycles. The largest absolute Gasteiger partial charge is 0.467 e. The number of esters is 1. The van der Waals surface area contributed by atoms with Gasteiger partial charge in [0.05, 0.1) is 7.11 Å². The molecule has 7 nitrogen and oxygen atoms in total. The Labute approximate surface area is 164 Å². The summed E-state index contributed by atoms with van der Waals surface area (Å²) in [5.74, 6) is -1.17. The Kier molecular flexibility index (Phi) is 7.14. The summed E-state index contributed by atoms with van der Waals surface area (Å²) in [5.41, 5.74) is 1.05. The van der Waals surface area contributed by atoms with Gasteiger partial charge in [0.15, 0.2) is 5.54 Å². The molecule has 0 saturated carbocycles. The molecule has 1 atom stereocenters. The summed E-state index contributed by atoms with van der Waals surface area (Å²) in [6.07, 6.45) is -0.728. The molecule has 2 rings (SSSR count). The van der Waals surface area contributed by atoms with Gasteiger partial charge in [-0.3, -0.25) is 4.79 Å². The smallest absolute Gasteiger partial charge is 0.407 e. The Bertz CT molecular complexity index is 820. The van der Waals surface area contributed by atoms with Gasteiger partial charge < -0.3 is 20.1 Å². The van der Waals surface area contributed by atoms with Crippen molar-refractivity contribution in [2.24, 2.45) is 0 Å². The van der Waals surface area contributed by atoms with Crippen molar-refractivity contribution in [3.05, 3.63) is 71.3 Å². The highest BCUT2D eigenvalue weighted by molar-refractivity contribution is 5.90. The zero-order valence-electron chi connectivity index (χ0n) is 16.2. The molecule has 7 heteroatoms. The van der Waals surface area contributed by atoms with Gasteiger partial charge in [0.1, 0.15) is 13.2 Å². The van der Waals surface area contributed by atoms with Crippen LogP contribution >= 0.6 is 0 Å². The van der Waals surface area contributed by atoms with Gasteiger partial charge in [0, 0.05) is 0 Å². The number of carbonyl (C=O) groups excluding carboxylic acids is 3. The summed E-state index contributed by atoms with van der Waals surface area (Å²) in [4.78, 5) is 36.4. The summed E-state index contributed by atoms with van der Waals surface area (Å²) in [6.45, 7) is 3.22. The second-order valence-corrected chi connectivity index (χ2v) is 6.45. The third kappa shape index (κ3) is 5.57. The molecule has 0 unspecified atom stereocenters. The standard InChI is InChI=1S/C21H24N2O5/c1-15-9-11-17(12-10-15)21(2,19(25)27-3)23-18(24)13-22-20(26)28-14-16-7-5-4-6-8-16/h4-12H,13-14H2,1-3H3,(H,22,26)(H,23,24)/t21-/m1/s1. The van der Waals surface area contributed by atoms with E-state index in [1.807, 2.05) is 49.4 Å². The lowest BCUT2D eigenvalue weighted by Gasteiger charge is -2.28. The van der Waals surface area contributed by atoms with Crippen LogP contribution < -0.4 is 10.6 Å². The molecule has 0 aliphatic carbocycles. The van der Waals surface area contributed by atoms with E-state index in [0.717, 1.165) is 11.1 Å². The van der Waals surface area contributed by atoms with E-state index in [4.69, 9.17) is 9.47 Å². The minimum absolute atomic E-state index is 0.0948. The van der Waals surface area contributed by atoms with E-state index in [-0.39, 0.29) is 13.2 Å². The quantitative estimate of drug-likeness (QED) is 0.715. The number of ether oxygens (including phenoxy) is 2. The maximum absolute atomic E-state index is 12.3. The highest BCUT2D eigenvalue weighted by Crippen LogP contribution is 2.22. The zero-order valence-corrected chi connectivity index (χ0v) is 16.2. The molecule has 0 aliphatic rings. The molecule has 28 heavy (non-hydrogen) atoms. The Hall–Kier alpha value is -3.35. The number of aryl methyl sites for hydroxylation is 1. The number of benzene rings is 2. The number of methoxy groups -OCH3 is 1. The minimum atomic E-state index is -1.38. The van der Waals surface area contributed by atoms with Crippen LogP contribution in [0.25, 0.3) is 0 Å². The first-order chi connectivity index (χ1) is 13.3. The number of hydrogen-bond donors (Lipinski definition) is 2. The highest BCUT2D eigenvalue weighted by atomic mass is 16.5. The van der Waals surface area contributed by atoms with Gasteiger partial charge in [0.2, 0.25) is 5.91 Å². The Balaban J connectivity index is 1.93. The van der Waals surface area contributed by atoms with E-state index in [9.17, 15) is 14.4 Å². The van der Waals surface area contributed by atoms with Crippen molar-refractivity contribution in [3.8, 4) is 0 Å². The third-order valence-electron chi connectivity index (χ3n) is 4.22. The van der Waals surface area contributed by atoms with Crippen molar-refractivity contribution < 1.29 is 23.9 Å². The number of carbonyl (C=O) groups is 3. The van der Waals surface area contributed by atoms with Gasteiger partial charge in [-0.05, 0) is 25.0 Å². The SMILES string of the molecule is COC(=O)[C@](C)(NC(=O)CNC(=O)OCc1ccccc1)c1ccc(C)cc1. The fourth-order valence-electron chi connectivity index (χ4n) is 2.58. The van der Waals surface area contributed by atoms with Crippen LogP contribution in [0.5, 0.6) is 0 Å². The third-order valence-corrected chi connectivity index (χ3v) is 4.22. The van der Waals surface area contributed by atoms with E-state index in [0.29, 0.717) is 5.56 Å². The first kappa shape index (κ1) is 21.0. The molecule has 2 aromatic carbocycles. The van der Waals surface area contributed by atoms with Gasteiger partial charge in [-0.2, -0.15) is 0 Å². The highest BCUT2D eigenvalue weighted by Gasteiger charge is 2.38. The van der Waals surface area contributed by atoms with Crippen LogP contribution in [0.4, 0.5) is 4.79 Å². The van der Waals surface area contributed by atoms with Crippen molar-refractivity contribution in [2.75, 3.05) is 13.7 Å². The number of amides is 2. The van der Waals surface area contributed by atoms with Gasteiger partial charge in [-0.15, -0.1) is 0 Å². The predicted molar refractivity (Wildman–Crippen MR) is 103 cm³/mol. The first-order valence-corrected chi connectivity index (χ1v) is 8.76. The molecule has 2 amide bonds. The second kappa shape index (κ2) is 9.55. The molecular weight excluding hydrogens is 360 g/mol. The van der Waals surface area contributed by atoms with Crippen LogP contribution in [0.2, 0.25) is 0 Å². The van der Waals surface area contributed by atoms with Crippen LogP contribution in [-0.2, 0) is 31.2 Å². The first-order valence-electron chi connectivity index (χ1n) is 8.76. The molecule has 2 aromatic rings. The van der Waals surface area contributed by atoms with Crippen LogP contribution in [0.15, 0.2) is 54.6 Å². The lowest BCUT2D eigenvalue weighted by molar-refractivity contribution is -0.150. The minimum Gasteiger partial charge on any atom is -0.467 e. The van der Waals surface area contributed by atoms with Gasteiger partial charge in [0.25, 0.3) is 0 Å². The fraction of sp³-hybridized carbons (Fsp3) is 0.286. The molecule has 0 heterocycles. The maximum atomic E-state index is 12.3. The molecule has 148 valence electrons. The maximum Gasteiger partial charge on any atom is 0.407 e. The number of rotatable bonds is 7. The van der Waals surface area contributed by atoms with Crippen LogP contribution in [-0.4, -0.2) is 31.6 Å². The van der Waals surface area contributed by atoms with Gasteiger partial charge in [-0.1, -0.05) is 60.2 Å². The molecule has 2 N–H and O–H groups in total. The second-order valence-electron chi connectivity index (χ2n) is 6.45. The monoisotopic (exact) mass is 384 g/mol. The Morgan fingerprint density at radius 3 is 2.25 bits per heavy atom. The lowest BCUT2D eigenvalue weighted by Crippen LogP contribution is -2.52. The van der Waals surface area contributed by atoms with E-state index in [1.165, 1.54) is 7.11 Å².